The van der Waals surface area contributed by atoms with Crippen molar-refractivity contribution in [3.63, 3.8) is 0 Å². The summed E-state index contributed by atoms with van der Waals surface area (Å²) in [5.41, 5.74) is 4.96. The Bertz CT molecular complexity index is 880. The summed E-state index contributed by atoms with van der Waals surface area (Å²) in [5, 5.41) is 8.92. The van der Waals surface area contributed by atoms with Crippen molar-refractivity contribution in [3.05, 3.63) is 126 Å². The van der Waals surface area contributed by atoms with Gasteiger partial charge in [0.05, 0.1) is 6.04 Å². The van der Waals surface area contributed by atoms with Crippen molar-refractivity contribution in [2.45, 2.75) is 24.9 Å². The Kier molecular flexibility index (Phi) is 5.58. The highest BCUT2D eigenvalue weighted by Crippen LogP contribution is 2.38. The van der Waals surface area contributed by atoms with Crippen molar-refractivity contribution in [3.8, 4) is 0 Å². The fourth-order valence-corrected chi connectivity index (χ4v) is 3.77. The zero-order chi connectivity index (χ0) is 19.2. The zero-order valence-corrected chi connectivity index (χ0v) is 16.0. The highest BCUT2D eigenvalue weighted by atomic mass is 15.2. The third kappa shape index (κ3) is 3.86. The van der Waals surface area contributed by atoms with Crippen LogP contribution in [0.1, 0.15) is 41.6 Å². The van der Waals surface area contributed by atoms with Crippen LogP contribution in [0.15, 0.2) is 109 Å². The summed E-state index contributed by atoms with van der Waals surface area (Å²) < 4.78 is 0. The molecule has 0 aromatic heterocycles. The number of rotatable bonds is 6. The van der Waals surface area contributed by atoms with Crippen molar-refractivity contribution in [1.29, 1.82) is 0 Å². The average molecular weight is 366 g/mol. The number of hydrogen-bond acceptors (Lipinski definition) is 1. The van der Waals surface area contributed by atoms with Crippen molar-refractivity contribution < 1.29 is 0 Å². The van der Waals surface area contributed by atoms with Gasteiger partial charge in [-0.25, -0.2) is 0 Å². The molecular weight excluding hydrogens is 340 g/mol. The van der Waals surface area contributed by atoms with Crippen molar-refractivity contribution in [2.24, 2.45) is 0 Å². The van der Waals surface area contributed by atoms with E-state index in [-0.39, 0.29) is 12.1 Å². The number of nitrogens with one attached hydrogen (secondary N) is 1. The van der Waals surface area contributed by atoms with Crippen molar-refractivity contribution >= 4 is 5.57 Å². The molecule has 1 aliphatic rings. The molecule has 0 bridgehead atoms. The van der Waals surface area contributed by atoms with Gasteiger partial charge in [-0.2, -0.15) is 0 Å². The van der Waals surface area contributed by atoms with Gasteiger partial charge in [-0.1, -0.05) is 97.1 Å². The molecule has 3 aromatic carbocycles. The Hall–Kier alpha value is -3.26. The molecule has 1 aliphatic heterocycles. The van der Waals surface area contributed by atoms with Gasteiger partial charge in [-0.15, -0.1) is 6.58 Å². The third-order valence-corrected chi connectivity index (χ3v) is 5.18. The van der Waals surface area contributed by atoms with Crippen LogP contribution in [0.3, 0.4) is 0 Å². The van der Waals surface area contributed by atoms with Crippen LogP contribution < -0.4 is 10.6 Å². The SMILES string of the molecule is C=CCCC(=C1[N][C@@H](c2ccccc2)[C@H](c2ccccc2)N1)c1ccccc1. The highest BCUT2D eigenvalue weighted by molar-refractivity contribution is 5.69. The normalized spacial score (nSPS) is 20.1. The molecule has 1 heterocycles. The van der Waals surface area contributed by atoms with Gasteiger partial charge >= 0.3 is 0 Å². The van der Waals surface area contributed by atoms with E-state index in [0.29, 0.717) is 0 Å². The Morgan fingerprint density at radius 1 is 0.821 bits per heavy atom. The van der Waals surface area contributed by atoms with Crippen LogP contribution in [0.5, 0.6) is 0 Å². The maximum Gasteiger partial charge on any atom is 0.126 e. The molecule has 1 radical (unpaired) electrons. The van der Waals surface area contributed by atoms with E-state index >= 15 is 0 Å². The predicted octanol–water partition coefficient (Wildman–Crippen LogP) is 6.01. The van der Waals surface area contributed by atoms with Gasteiger partial charge in [0.1, 0.15) is 11.9 Å². The van der Waals surface area contributed by atoms with Gasteiger partial charge in [0.2, 0.25) is 0 Å². The molecule has 0 aliphatic carbocycles. The largest absolute Gasteiger partial charge is 0.361 e. The van der Waals surface area contributed by atoms with Gasteiger partial charge in [0.15, 0.2) is 0 Å². The average Bonchev–Trinajstić information content (AvgIpc) is 3.21. The van der Waals surface area contributed by atoms with Crippen LogP contribution in [0.4, 0.5) is 0 Å². The number of nitrogens with zero attached hydrogens (tertiary/aromatic N) is 1. The Morgan fingerprint density at radius 3 is 2.00 bits per heavy atom. The Morgan fingerprint density at radius 2 is 1.39 bits per heavy atom. The fraction of sp³-hybridized carbons (Fsp3) is 0.154. The molecule has 0 amide bonds. The van der Waals surface area contributed by atoms with Gasteiger partial charge in [-0.3, -0.25) is 5.32 Å². The van der Waals surface area contributed by atoms with Crippen LogP contribution in [-0.4, -0.2) is 0 Å². The van der Waals surface area contributed by atoms with E-state index in [1.54, 1.807) is 0 Å². The first-order valence-corrected chi connectivity index (χ1v) is 9.83. The number of allylic oxidation sites excluding steroid dienone is 2. The minimum atomic E-state index is 0.0565. The molecule has 1 saturated heterocycles. The zero-order valence-electron chi connectivity index (χ0n) is 16.0. The first-order chi connectivity index (χ1) is 13.9. The lowest BCUT2D eigenvalue weighted by Crippen LogP contribution is -2.17. The molecule has 28 heavy (non-hydrogen) atoms. The first kappa shape index (κ1) is 18.1. The summed E-state index contributed by atoms with van der Waals surface area (Å²) in [7, 11) is 0. The maximum absolute atomic E-state index is 5.18. The van der Waals surface area contributed by atoms with Crippen LogP contribution in [0, 0.1) is 0 Å². The molecule has 139 valence electrons. The van der Waals surface area contributed by atoms with E-state index in [4.69, 9.17) is 5.32 Å². The molecular formula is C26H25N2. The molecule has 0 unspecified atom stereocenters. The van der Waals surface area contributed by atoms with Crippen molar-refractivity contribution in [1.82, 2.24) is 10.6 Å². The van der Waals surface area contributed by atoms with Crippen LogP contribution in [0.2, 0.25) is 0 Å². The summed E-state index contributed by atoms with van der Waals surface area (Å²) in [6.45, 7) is 3.90. The second-order valence-corrected chi connectivity index (χ2v) is 7.04. The Labute approximate surface area is 167 Å². The lowest BCUT2D eigenvalue weighted by Gasteiger charge is -2.18. The standard InChI is InChI=1S/C26H25N2/c1-2-3-19-23(20-13-7-4-8-14-20)26-27-24(21-15-9-5-10-16-21)25(28-26)22-17-11-6-12-18-22/h2,4-18,24-25,27H,1,3,19H2/t24-,25-/m0/s1. The third-order valence-electron chi connectivity index (χ3n) is 5.18. The van der Waals surface area contributed by atoms with Gasteiger partial charge in [-0.05, 0) is 29.5 Å². The van der Waals surface area contributed by atoms with E-state index in [2.05, 4.69) is 103 Å². The lowest BCUT2D eigenvalue weighted by atomic mass is 9.95. The van der Waals surface area contributed by atoms with Crippen LogP contribution >= 0.6 is 0 Å². The molecule has 1 fully saturated rings. The van der Waals surface area contributed by atoms with E-state index < -0.39 is 0 Å². The fourth-order valence-electron chi connectivity index (χ4n) is 3.77. The predicted molar refractivity (Wildman–Crippen MR) is 116 cm³/mol. The Balaban J connectivity index is 1.77. The topological polar surface area (TPSA) is 26.1 Å². The molecule has 2 heteroatoms. The van der Waals surface area contributed by atoms with Gasteiger partial charge < -0.3 is 5.32 Å². The minimum absolute atomic E-state index is 0.0565. The summed E-state index contributed by atoms with van der Waals surface area (Å²) >= 11 is 0. The second kappa shape index (κ2) is 8.62. The van der Waals surface area contributed by atoms with E-state index in [9.17, 15) is 0 Å². The molecule has 1 N–H and O–H groups in total. The molecule has 2 nitrogen and oxygen atoms in total. The minimum Gasteiger partial charge on any atom is -0.361 e. The first-order valence-electron chi connectivity index (χ1n) is 9.83. The van der Waals surface area contributed by atoms with Gasteiger partial charge in [0, 0.05) is 5.57 Å². The van der Waals surface area contributed by atoms with Crippen LogP contribution in [-0.2, 0) is 0 Å². The monoisotopic (exact) mass is 365 g/mol. The van der Waals surface area contributed by atoms with E-state index in [1.165, 1.54) is 22.3 Å². The maximum atomic E-state index is 5.18. The van der Waals surface area contributed by atoms with Crippen LogP contribution in [0.25, 0.3) is 5.57 Å². The molecule has 3 aromatic rings. The highest BCUT2D eigenvalue weighted by Gasteiger charge is 2.35. The summed E-state index contributed by atoms with van der Waals surface area (Å²) in [5.74, 6) is 0.996. The van der Waals surface area contributed by atoms with Gasteiger partial charge in [0.25, 0.3) is 0 Å². The van der Waals surface area contributed by atoms with E-state index in [1.807, 2.05) is 6.08 Å². The molecule has 2 atom stereocenters. The van der Waals surface area contributed by atoms with E-state index in [0.717, 1.165) is 18.7 Å². The van der Waals surface area contributed by atoms with Crippen molar-refractivity contribution in [2.75, 3.05) is 0 Å². The molecule has 0 saturated carbocycles. The quantitative estimate of drug-likeness (QED) is 0.532. The number of benzene rings is 3. The molecule has 4 rings (SSSR count). The lowest BCUT2D eigenvalue weighted by molar-refractivity contribution is 0.549. The summed E-state index contributed by atoms with van der Waals surface area (Å²) in [6.07, 6.45) is 3.82. The second-order valence-electron chi connectivity index (χ2n) is 7.04. The smallest absolute Gasteiger partial charge is 0.126 e. The summed E-state index contributed by atoms with van der Waals surface area (Å²) in [4.78, 5) is 0. The molecule has 0 spiro atoms. The summed E-state index contributed by atoms with van der Waals surface area (Å²) in [6, 6.07) is 31.9. The number of hydrogen-bond donors (Lipinski definition) is 1.